The molecular formula is C24H33ClN4O3. The van der Waals surface area contributed by atoms with E-state index in [4.69, 9.17) is 25.8 Å². The molecule has 1 spiro atoms. The van der Waals surface area contributed by atoms with Gasteiger partial charge in [0.25, 0.3) is 0 Å². The maximum atomic E-state index is 6.73. The van der Waals surface area contributed by atoms with Crippen molar-refractivity contribution in [2.45, 2.75) is 75.4 Å². The zero-order valence-corrected chi connectivity index (χ0v) is 19.9. The van der Waals surface area contributed by atoms with Crippen LogP contribution in [0.4, 0.5) is 0 Å². The topological polar surface area (TPSA) is 52.0 Å². The fourth-order valence-electron chi connectivity index (χ4n) is 6.40. The van der Waals surface area contributed by atoms with Crippen molar-refractivity contribution in [3.8, 4) is 0 Å². The van der Waals surface area contributed by atoms with Gasteiger partial charge in [-0.05, 0) is 78.3 Å². The summed E-state index contributed by atoms with van der Waals surface area (Å²) in [6, 6.07) is 3.99. The minimum atomic E-state index is -0.617. The monoisotopic (exact) mass is 460 g/mol. The van der Waals surface area contributed by atoms with E-state index in [2.05, 4.69) is 26.4 Å². The molecule has 7 nitrogen and oxygen atoms in total. The van der Waals surface area contributed by atoms with Gasteiger partial charge in [0.05, 0.1) is 5.52 Å². The molecule has 2 aromatic heterocycles. The fourth-order valence-corrected chi connectivity index (χ4v) is 6.62. The quantitative estimate of drug-likeness (QED) is 0.651. The van der Waals surface area contributed by atoms with Crippen LogP contribution in [0.15, 0.2) is 24.5 Å². The Kier molecular flexibility index (Phi) is 5.10. The highest BCUT2D eigenvalue weighted by Crippen LogP contribution is 2.46. The number of hydrogen-bond acceptors (Lipinski definition) is 6. The average Bonchev–Trinajstić information content (AvgIpc) is 3.49. The number of likely N-dealkylation sites (tertiary alicyclic amines) is 2. The largest absolute Gasteiger partial charge is 0.348 e. The third-order valence-corrected chi connectivity index (χ3v) is 8.36. The molecule has 32 heavy (non-hydrogen) atoms. The van der Waals surface area contributed by atoms with Crippen molar-refractivity contribution < 1.29 is 14.2 Å². The zero-order valence-electron chi connectivity index (χ0n) is 19.2. The highest BCUT2D eigenvalue weighted by atomic mass is 35.5. The second-order valence-corrected chi connectivity index (χ2v) is 10.8. The minimum Gasteiger partial charge on any atom is -0.348 e. The summed E-state index contributed by atoms with van der Waals surface area (Å²) in [6.45, 7) is 8.39. The minimum absolute atomic E-state index is 0.0313. The number of fused-ring (bicyclic) bond motifs is 2. The highest BCUT2D eigenvalue weighted by Gasteiger charge is 2.57. The van der Waals surface area contributed by atoms with Crippen molar-refractivity contribution in [2.24, 2.45) is 0 Å². The SMILES string of the molecule is CN1CCC2(CCCN2C[C@H]2O[C@@H](n3ccc4c(Cl)nccc43)[C@@H]3OC(C)(C)O[C@@H]32)CC1. The molecule has 2 aromatic rings. The van der Waals surface area contributed by atoms with Crippen LogP contribution in [0, 0.1) is 0 Å². The van der Waals surface area contributed by atoms with Crippen molar-refractivity contribution >= 4 is 22.5 Å². The molecular weight excluding hydrogens is 428 g/mol. The van der Waals surface area contributed by atoms with E-state index in [0.717, 1.165) is 24.0 Å². The lowest BCUT2D eigenvalue weighted by atomic mass is 9.85. The van der Waals surface area contributed by atoms with Gasteiger partial charge in [0.1, 0.15) is 23.5 Å². The van der Waals surface area contributed by atoms with Crippen molar-refractivity contribution in [1.29, 1.82) is 0 Å². The standard InChI is InChI=1S/C24H33ClN4O3/c1-23(2)31-19-18(15-28-11-4-7-24(28)8-13-27(3)14-9-24)30-22(20(19)32-23)29-12-6-16-17(29)5-10-26-21(16)25/h5-6,10,12,18-20,22H,4,7-9,11,13-15H2,1-3H3/t18-,19-,20-,22-/m1/s1. The van der Waals surface area contributed by atoms with Crippen LogP contribution in [-0.2, 0) is 14.2 Å². The first-order valence-corrected chi connectivity index (χ1v) is 12.3. The molecule has 6 rings (SSSR count). The number of piperidine rings is 1. The van der Waals surface area contributed by atoms with Gasteiger partial charge in [-0.25, -0.2) is 4.98 Å². The summed E-state index contributed by atoms with van der Waals surface area (Å²) < 4.78 is 21.7. The number of pyridine rings is 1. The summed E-state index contributed by atoms with van der Waals surface area (Å²) in [7, 11) is 2.23. The molecule has 0 amide bonds. The second-order valence-electron chi connectivity index (χ2n) is 10.5. The maximum absolute atomic E-state index is 6.73. The molecule has 6 heterocycles. The first-order chi connectivity index (χ1) is 15.4. The molecule has 4 fully saturated rings. The number of hydrogen-bond donors (Lipinski definition) is 0. The van der Waals surface area contributed by atoms with Gasteiger partial charge in [-0.2, -0.15) is 0 Å². The van der Waals surface area contributed by atoms with Gasteiger partial charge < -0.3 is 23.7 Å². The molecule has 8 heteroatoms. The Morgan fingerprint density at radius 1 is 1.09 bits per heavy atom. The summed E-state index contributed by atoms with van der Waals surface area (Å²) >= 11 is 6.34. The molecule has 4 saturated heterocycles. The van der Waals surface area contributed by atoms with Crippen LogP contribution in [0.1, 0.15) is 45.8 Å². The third kappa shape index (κ3) is 3.40. The normalized spacial score (nSPS) is 34.6. The lowest BCUT2D eigenvalue weighted by Crippen LogP contribution is -2.54. The molecule has 0 aliphatic carbocycles. The van der Waals surface area contributed by atoms with Gasteiger partial charge in [-0.15, -0.1) is 0 Å². The van der Waals surface area contributed by atoms with E-state index < -0.39 is 5.79 Å². The number of rotatable bonds is 3. The predicted molar refractivity (Wildman–Crippen MR) is 123 cm³/mol. The maximum Gasteiger partial charge on any atom is 0.164 e. The summed E-state index contributed by atoms with van der Waals surface area (Å²) in [5.41, 5.74) is 1.33. The van der Waals surface area contributed by atoms with Crippen LogP contribution in [0.25, 0.3) is 10.9 Å². The molecule has 174 valence electrons. The summed E-state index contributed by atoms with van der Waals surface area (Å²) in [6.07, 6.45) is 8.29. The predicted octanol–water partition coefficient (Wildman–Crippen LogP) is 3.67. The van der Waals surface area contributed by atoms with Crippen LogP contribution < -0.4 is 0 Å². The molecule has 0 bridgehead atoms. The summed E-state index contributed by atoms with van der Waals surface area (Å²) in [5, 5.41) is 1.44. The van der Waals surface area contributed by atoms with Gasteiger partial charge in [0.15, 0.2) is 12.0 Å². The van der Waals surface area contributed by atoms with Gasteiger partial charge in [-0.1, -0.05) is 11.6 Å². The lowest BCUT2D eigenvalue weighted by molar-refractivity contribution is -0.199. The first-order valence-electron chi connectivity index (χ1n) is 11.9. The van der Waals surface area contributed by atoms with Crippen molar-refractivity contribution in [3.05, 3.63) is 29.7 Å². The first kappa shape index (κ1) is 21.3. The smallest absolute Gasteiger partial charge is 0.164 e. The molecule has 4 atom stereocenters. The van der Waals surface area contributed by atoms with Crippen LogP contribution in [0.3, 0.4) is 0 Å². The van der Waals surface area contributed by atoms with Crippen LogP contribution in [0.5, 0.6) is 0 Å². The van der Waals surface area contributed by atoms with Crippen LogP contribution in [0.2, 0.25) is 5.15 Å². The fraction of sp³-hybridized carbons (Fsp3) is 0.708. The molecule has 0 aromatic carbocycles. The van der Waals surface area contributed by atoms with Crippen LogP contribution in [-0.4, -0.2) is 82.2 Å². The molecule has 0 N–H and O–H groups in total. The Morgan fingerprint density at radius 3 is 2.69 bits per heavy atom. The molecule has 0 radical (unpaired) electrons. The Labute approximate surface area is 194 Å². The van der Waals surface area contributed by atoms with Crippen molar-refractivity contribution in [3.63, 3.8) is 0 Å². The second kappa shape index (κ2) is 7.65. The van der Waals surface area contributed by atoms with Gasteiger partial charge in [0.2, 0.25) is 0 Å². The molecule has 4 aliphatic rings. The van der Waals surface area contributed by atoms with E-state index in [1.807, 2.05) is 32.2 Å². The lowest BCUT2D eigenvalue weighted by Gasteiger charge is -2.45. The Hall–Kier alpha value is -1.22. The van der Waals surface area contributed by atoms with E-state index in [-0.39, 0.29) is 24.5 Å². The van der Waals surface area contributed by atoms with Gasteiger partial charge >= 0.3 is 0 Å². The Bertz CT molecular complexity index is 1000. The summed E-state index contributed by atoms with van der Waals surface area (Å²) in [4.78, 5) is 9.37. The van der Waals surface area contributed by atoms with Crippen molar-refractivity contribution in [2.75, 3.05) is 33.2 Å². The number of ether oxygens (including phenoxy) is 3. The number of halogens is 1. The van der Waals surface area contributed by atoms with Crippen LogP contribution >= 0.6 is 11.6 Å². The van der Waals surface area contributed by atoms with Gasteiger partial charge in [0, 0.05) is 29.9 Å². The average molecular weight is 461 g/mol. The van der Waals surface area contributed by atoms with E-state index >= 15 is 0 Å². The third-order valence-electron chi connectivity index (χ3n) is 8.06. The Balaban J connectivity index is 1.29. The van der Waals surface area contributed by atoms with E-state index in [0.29, 0.717) is 10.7 Å². The highest BCUT2D eigenvalue weighted by molar-refractivity contribution is 6.34. The van der Waals surface area contributed by atoms with E-state index in [1.165, 1.54) is 38.8 Å². The molecule has 0 unspecified atom stereocenters. The van der Waals surface area contributed by atoms with E-state index in [9.17, 15) is 0 Å². The number of nitrogens with zero attached hydrogens (tertiary/aromatic N) is 4. The van der Waals surface area contributed by atoms with E-state index in [1.54, 1.807) is 6.20 Å². The Morgan fingerprint density at radius 2 is 1.88 bits per heavy atom. The molecule has 0 saturated carbocycles. The van der Waals surface area contributed by atoms with Crippen molar-refractivity contribution in [1.82, 2.24) is 19.4 Å². The summed E-state index contributed by atoms with van der Waals surface area (Å²) in [5.74, 6) is -0.617. The van der Waals surface area contributed by atoms with Gasteiger partial charge in [-0.3, -0.25) is 4.90 Å². The zero-order chi connectivity index (χ0) is 22.1. The molecule has 4 aliphatic heterocycles. The number of aromatic nitrogens is 2.